The van der Waals surface area contributed by atoms with Crippen molar-refractivity contribution in [1.29, 1.82) is 0 Å². The largest absolute Gasteiger partial charge is 0.383 e. The van der Waals surface area contributed by atoms with Crippen LogP contribution in [0.4, 0.5) is 0 Å². The van der Waals surface area contributed by atoms with E-state index in [2.05, 4.69) is 20.4 Å². The van der Waals surface area contributed by atoms with Gasteiger partial charge in [-0.15, -0.1) is 0 Å². The molecule has 2 heterocycles. The summed E-state index contributed by atoms with van der Waals surface area (Å²) in [6.45, 7) is 6.85. The lowest BCUT2D eigenvalue weighted by Crippen LogP contribution is -2.44. The van der Waals surface area contributed by atoms with E-state index in [1.807, 2.05) is 38.1 Å². The number of methoxy groups -OCH3 is 1. The maximum atomic E-state index is 12.3. The lowest BCUT2D eigenvalue weighted by atomic mass is 9.95. The quantitative estimate of drug-likeness (QED) is 0.804. The van der Waals surface area contributed by atoms with Gasteiger partial charge in [0.05, 0.1) is 13.2 Å². The van der Waals surface area contributed by atoms with E-state index in [1.165, 1.54) is 5.56 Å². The minimum atomic E-state index is 0.0408. The Morgan fingerprint density at radius 2 is 2.04 bits per heavy atom. The number of likely N-dealkylation sites (tertiary alicyclic amines) is 1. The lowest BCUT2D eigenvalue weighted by molar-refractivity contribution is -0.127. The fourth-order valence-electron chi connectivity index (χ4n) is 3.34. The summed E-state index contributed by atoms with van der Waals surface area (Å²) in [5, 5.41) is 7.10. The molecule has 0 saturated carbocycles. The first kappa shape index (κ1) is 19.5. The number of ether oxygens (including phenoxy) is 1. The molecule has 1 N–H and O–H groups in total. The van der Waals surface area contributed by atoms with Crippen molar-refractivity contribution in [3.8, 4) is 11.4 Å². The number of rotatable bonds is 7. The molecule has 1 aromatic heterocycles. The van der Waals surface area contributed by atoms with Crippen molar-refractivity contribution in [3.05, 3.63) is 35.7 Å². The van der Waals surface area contributed by atoms with E-state index in [0.717, 1.165) is 31.5 Å². The van der Waals surface area contributed by atoms with Crippen LogP contribution < -0.4 is 5.32 Å². The molecule has 27 heavy (non-hydrogen) atoms. The summed E-state index contributed by atoms with van der Waals surface area (Å²) < 4.78 is 10.5. The number of benzene rings is 1. The van der Waals surface area contributed by atoms with Crippen molar-refractivity contribution in [2.75, 3.05) is 26.8 Å². The summed E-state index contributed by atoms with van der Waals surface area (Å²) in [5.41, 5.74) is 2.15. The van der Waals surface area contributed by atoms with Gasteiger partial charge in [-0.3, -0.25) is 9.69 Å². The van der Waals surface area contributed by atoms with Gasteiger partial charge in [0.1, 0.15) is 0 Å². The molecule has 0 bridgehead atoms. The van der Waals surface area contributed by atoms with Gasteiger partial charge in [0.2, 0.25) is 17.6 Å². The molecule has 7 heteroatoms. The minimum Gasteiger partial charge on any atom is -0.383 e. The van der Waals surface area contributed by atoms with Crippen LogP contribution in [-0.4, -0.2) is 53.8 Å². The number of nitrogens with one attached hydrogen (secondary N) is 1. The Labute approximate surface area is 160 Å². The third-order valence-electron chi connectivity index (χ3n) is 4.90. The molecule has 1 aliphatic heterocycles. The highest BCUT2D eigenvalue weighted by Crippen LogP contribution is 2.21. The summed E-state index contributed by atoms with van der Waals surface area (Å²) in [6.07, 6.45) is 1.68. The van der Waals surface area contributed by atoms with Gasteiger partial charge in [-0.25, -0.2) is 0 Å². The Hall–Kier alpha value is -2.25. The third kappa shape index (κ3) is 5.37. The molecule has 146 valence electrons. The number of amides is 1. The third-order valence-corrected chi connectivity index (χ3v) is 4.90. The maximum Gasteiger partial charge on any atom is 0.241 e. The number of nitrogens with zero attached hydrogens (tertiary/aromatic N) is 3. The fourth-order valence-corrected chi connectivity index (χ4v) is 3.34. The van der Waals surface area contributed by atoms with Gasteiger partial charge in [-0.2, -0.15) is 4.98 Å². The fraction of sp³-hybridized carbons (Fsp3) is 0.550. The minimum absolute atomic E-state index is 0.0408. The second-order valence-electron chi connectivity index (χ2n) is 7.29. The molecule has 0 aliphatic carbocycles. The van der Waals surface area contributed by atoms with Gasteiger partial charge < -0.3 is 14.6 Å². The van der Waals surface area contributed by atoms with Gasteiger partial charge in [-0.05, 0) is 39.8 Å². The Morgan fingerprint density at radius 1 is 1.33 bits per heavy atom. The average molecular weight is 372 g/mol. The number of carbonyl (C=O) groups excluding carboxylic acids is 1. The van der Waals surface area contributed by atoms with Crippen molar-refractivity contribution in [2.45, 2.75) is 39.3 Å². The second kappa shape index (κ2) is 9.10. The van der Waals surface area contributed by atoms with Crippen LogP contribution in [0.2, 0.25) is 0 Å². The van der Waals surface area contributed by atoms with Crippen LogP contribution in [0, 0.1) is 12.8 Å². The molecule has 1 fully saturated rings. The van der Waals surface area contributed by atoms with Gasteiger partial charge in [0.25, 0.3) is 0 Å². The molecule has 7 nitrogen and oxygen atoms in total. The van der Waals surface area contributed by atoms with Crippen LogP contribution in [0.3, 0.4) is 0 Å². The van der Waals surface area contributed by atoms with E-state index in [-0.39, 0.29) is 17.9 Å². The Kier molecular flexibility index (Phi) is 6.58. The van der Waals surface area contributed by atoms with Crippen molar-refractivity contribution >= 4 is 5.91 Å². The molecule has 1 aromatic carbocycles. The number of carbonyl (C=O) groups is 1. The van der Waals surface area contributed by atoms with Crippen LogP contribution in [-0.2, 0) is 16.1 Å². The normalized spacial score (nSPS) is 17.0. The number of aromatic nitrogens is 2. The maximum absolute atomic E-state index is 12.3. The van der Waals surface area contributed by atoms with E-state index in [1.54, 1.807) is 7.11 Å². The predicted octanol–water partition coefficient (Wildman–Crippen LogP) is 2.41. The molecule has 1 amide bonds. The molecule has 3 rings (SSSR count). The molecule has 1 saturated heterocycles. The van der Waals surface area contributed by atoms with Crippen LogP contribution >= 0.6 is 0 Å². The summed E-state index contributed by atoms with van der Waals surface area (Å²) in [7, 11) is 1.64. The zero-order valence-corrected chi connectivity index (χ0v) is 16.3. The summed E-state index contributed by atoms with van der Waals surface area (Å²) in [4.78, 5) is 19.1. The summed E-state index contributed by atoms with van der Waals surface area (Å²) in [5.74, 6) is 1.42. The zero-order chi connectivity index (χ0) is 19.2. The Bertz CT molecular complexity index is 736. The van der Waals surface area contributed by atoms with Crippen molar-refractivity contribution in [2.24, 2.45) is 5.92 Å². The first-order valence-corrected chi connectivity index (χ1v) is 9.46. The van der Waals surface area contributed by atoms with Gasteiger partial charge in [0, 0.05) is 24.6 Å². The summed E-state index contributed by atoms with van der Waals surface area (Å²) in [6, 6.07) is 8.11. The molecular formula is C20H28N4O3. The van der Waals surface area contributed by atoms with Crippen molar-refractivity contribution in [3.63, 3.8) is 0 Å². The van der Waals surface area contributed by atoms with E-state index in [9.17, 15) is 4.79 Å². The smallest absolute Gasteiger partial charge is 0.241 e. The first-order chi connectivity index (χ1) is 13.0. The molecule has 1 unspecified atom stereocenters. The summed E-state index contributed by atoms with van der Waals surface area (Å²) >= 11 is 0. The predicted molar refractivity (Wildman–Crippen MR) is 102 cm³/mol. The van der Waals surface area contributed by atoms with E-state index < -0.39 is 0 Å². The standard InChI is InChI=1S/C20H28N4O3/c1-14-4-6-16(7-5-14)19-22-18(27-23-19)12-24-10-8-17(9-11-24)20(25)21-15(2)13-26-3/h4-7,15,17H,8-13H2,1-3H3,(H,21,25). The van der Waals surface area contributed by atoms with Crippen LogP contribution in [0.1, 0.15) is 31.2 Å². The number of hydrogen-bond acceptors (Lipinski definition) is 6. The van der Waals surface area contributed by atoms with Crippen LogP contribution in [0.15, 0.2) is 28.8 Å². The molecule has 0 spiro atoms. The number of hydrogen-bond donors (Lipinski definition) is 1. The van der Waals surface area contributed by atoms with Gasteiger partial charge in [0.15, 0.2) is 0 Å². The Balaban J connectivity index is 1.48. The number of aryl methyl sites for hydroxylation is 1. The topological polar surface area (TPSA) is 80.5 Å². The SMILES string of the molecule is COCC(C)NC(=O)C1CCN(Cc2nc(-c3ccc(C)cc3)no2)CC1. The average Bonchev–Trinajstić information content (AvgIpc) is 3.11. The molecule has 2 aromatic rings. The van der Waals surface area contributed by atoms with Gasteiger partial charge >= 0.3 is 0 Å². The van der Waals surface area contributed by atoms with Crippen LogP contribution in [0.5, 0.6) is 0 Å². The van der Waals surface area contributed by atoms with Crippen molar-refractivity contribution in [1.82, 2.24) is 20.4 Å². The van der Waals surface area contributed by atoms with E-state index >= 15 is 0 Å². The first-order valence-electron chi connectivity index (χ1n) is 9.46. The van der Waals surface area contributed by atoms with E-state index in [4.69, 9.17) is 9.26 Å². The lowest BCUT2D eigenvalue weighted by Gasteiger charge is -2.30. The monoisotopic (exact) mass is 372 g/mol. The molecule has 1 aliphatic rings. The molecule has 0 radical (unpaired) electrons. The Morgan fingerprint density at radius 3 is 2.70 bits per heavy atom. The second-order valence-corrected chi connectivity index (χ2v) is 7.29. The zero-order valence-electron chi connectivity index (χ0n) is 16.3. The highest BCUT2D eigenvalue weighted by Gasteiger charge is 2.26. The van der Waals surface area contributed by atoms with E-state index in [0.29, 0.717) is 24.9 Å². The molecular weight excluding hydrogens is 344 g/mol. The molecule has 1 atom stereocenters. The van der Waals surface area contributed by atoms with Crippen LogP contribution in [0.25, 0.3) is 11.4 Å². The number of piperidine rings is 1. The highest BCUT2D eigenvalue weighted by molar-refractivity contribution is 5.79. The van der Waals surface area contributed by atoms with Crippen molar-refractivity contribution < 1.29 is 14.1 Å². The van der Waals surface area contributed by atoms with Gasteiger partial charge in [-0.1, -0.05) is 35.0 Å². The highest BCUT2D eigenvalue weighted by atomic mass is 16.5.